The minimum atomic E-state index is -0.721. The van der Waals surface area contributed by atoms with Gasteiger partial charge in [0.15, 0.2) is 0 Å². The zero-order valence-electron chi connectivity index (χ0n) is 8.62. The third kappa shape index (κ3) is 2.33. The smallest absolute Gasteiger partial charge is 0.0898 e. The zero-order valence-corrected chi connectivity index (χ0v) is 9.37. The molecule has 2 rings (SSSR count). The SMILES string of the molecule is NC1CCC(O)(c2cccc(Cl)c2)CC1. The quantitative estimate of drug-likeness (QED) is 0.771. The fourth-order valence-electron chi connectivity index (χ4n) is 2.18. The lowest BCUT2D eigenvalue weighted by molar-refractivity contribution is -0.00495. The highest BCUT2D eigenvalue weighted by Gasteiger charge is 2.33. The standard InChI is InChI=1S/C12H16ClNO/c13-10-3-1-2-9(8-10)12(15)6-4-11(14)5-7-12/h1-3,8,11,15H,4-7,14H2. The van der Waals surface area contributed by atoms with Gasteiger partial charge in [0.1, 0.15) is 0 Å². The third-order valence-corrected chi connectivity index (χ3v) is 3.45. The fraction of sp³-hybridized carbons (Fsp3) is 0.500. The van der Waals surface area contributed by atoms with Crippen LogP contribution in [0.4, 0.5) is 0 Å². The maximum absolute atomic E-state index is 10.5. The van der Waals surface area contributed by atoms with Crippen molar-refractivity contribution in [1.29, 1.82) is 0 Å². The Kier molecular flexibility index (Phi) is 3.01. The van der Waals surface area contributed by atoms with E-state index in [1.807, 2.05) is 24.3 Å². The van der Waals surface area contributed by atoms with Crippen molar-refractivity contribution >= 4 is 11.6 Å². The molecule has 1 aliphatic rings. The molecule has 0 bridgehead atoms. The normalized spacial score (nSPS) is 31.5. The van der Waals surface area contributed by atoms with Crippen LogP contribution < -0.4 is 5.73 Å². The first-order valence-electron chi connectivity index (χ1n) is 5.34. The zero-order chi connectivity index (χ0) is 10.9. The van der Waals surface area contributed by atoms with Gasteiger partial charge in [0.25, 0.3) is 0 Å². The number of rotatable bonds is 1. The average molecular weight is 226 g/mol. The van der Waals surface area contributed by atoms with Crippen LogP contribution in [0.25, 0.3) is 0 Å². The van der Waals surface area contributed by atoms with E-state index in [0.717, 1.165) is 31.2 Å². The van der Waals surface area contributed by atoms with Crippen LogP contribution in [0.15, 0.2) is 24.3 Å². The summed E-state index contributed by atoms with van der Waals surface area (Å²) in [5.74, 6) is 0. The van der Waals surface area contributed by atoms with Gasteiger partial charge in [-0.05, 0) is 43.4 Å². The highest BCUT2D eigenvalue weighted by Crippen LogP contribution is 2.37. The summed E-state index contributed by atoms with van der Waals surface area (Å²) in [6.45, 7) is 0. The van der Waals surface area contributed by atoms with Crippen molar-refractivity contribution in [3.05, 3.63) is 34.9 Å². The molecule has 0 unspecified atom stereocenters. The summed E-state index contributed by atoms with van der Waals surface area (Å²) in [6.07, 6.45) is 3.22. The van der Waals surface area contributed by atoms with E-state index in [-0.39, 0.29) is 6.04 Å². The number of hydrogen-bond acceptors (Lipinski definition) is 2. The van der Waals surface area contributed by atoms with Gasteiger partial charge in [-0.25, -0.2) is 0 Å². The summed E-state index contributed by atoms with van der Waals surface area (Å²) in [6, 6.07) is 7.72. The van der Waals surface area contributed by atoms with Crippen LogP contribution in [-0.2, 0) is 5.60 Å². The molecule has 3 N–H and O–H groups in total. The Bertz CT molecular complexity index is 345. The molecule has 15 heavy (non-hydrogen) atoms. The Morgan fingerprint density at radius 3 is 2.60 bits per heavy atom. The van der Waals surface area contributed by atoms with Crippen molar-refractivity contribution in [2.24, 2.45) is 5.73 Å². The predicted molar refractivity (Wildman–Crippen MR) is 61.8 cm³/mol. The number of halogens is 1. The maximum atomic E-state index is 10.5. The van der Waals surface area contributed by atoms with Crippen LogP contribution in [-0.4, -0.2) is 11.1 Å². The molecule has 0 radical (unpaired) electrons. The summed E-state index contributed by atoms with van der Waals surface area (Å²) < 4.78 is 0. The monoisotopic (exact) mass is 225 g/mol. The first kappa shape index (κ1) is 10.9. The first-order valence-corrected chi connectivity index (χ1v) is 5.72. The number of benzene rings is 1. The van der Waals surface area contributed by atoms with Crippen LogP contribution in [0, 0.1) is 0 Å². The molecule has 1 fully saturated rings. The molecule has 0 saturated heterocycles. The Morgan fingerprint density at radius 1 is 1.33 bits per heavy atom. The minimum Gasteiger partial charge on any atom is -0.385 e. The summed E-state index contributed by atoms with van der Waals surface area (Å²) in [5, 5.41) is 11.1. The molecule has 2 nitrogen and oxygen atoms in total. The van der Waals surface area contributed by atoms with Crippen LogP contribution in [0.5, 0.6) is 0 Å². The Morgan fingerprint density at radius 2 is 2.00 bits per heavy atom. The lowest BCUT2D eigenvalue weighted by Gasteiger charge is -2.35. The second kappa shape index (κ2) is 4.12. The van der Waals surface area contributed by atoms with Gasteiger partial charge in [-0.15, -0.1) is 0 Å². The Balaban J connectivity index is 2.22. The molecule has 0 atom stereocenters. The minimum absolute atomic E-state index is 0.240. The molecule has 82 valence electrons. The molecule has 0 heterocycles. The van der Waals surface area contributed by atoms with Crippen LogP contribution >= 0.6 is 11.6 Å². The van der Waals surface area contributed by atoms with Crippen molar-refractivity contribution in [3.8, 4) is 0 Å². The van der Waals surface area contributed by atoms with Gasteiger partial charge in [0.2, 0.25) is 0 Å². The van der Waals surface area contributed by atoms with E-state index in [2.05, 4.69) is 0 Å². The van der Waals surface area contributed by atoms with Crippen LogP contribution in [0.1, 0.15) is 31.2 Å². The van der Waals surface area contributed by atoms with Gasteiger partial charge >= 0.3 is 0 Å². The number of hydrogen-bond donors (Lipinski definition) is 2. The molecule has 1 aromatic carbocycles. The van der Waals surface area contributed by atoms with Gasteiger partial charge in [-0.1, -0.05) is 23.7 Å². The molecule has 0 aromatic heterocycles. The lowest BCUT2D eigenvalue weighted by Crippen LogP contribution is -2.36. The molecular formula is C12H16ClNO. The number of aliphatic hydroxyl groups is 1. The lowest BCUT2D eigenvalue weighted by atomic mass is 9.78. The van der Waals surface area contributed by atoms with E-state index in [1.165, 1.54) is 0 Å². The summed E-state index contributed by atoms with van der Waals surface area (Å²) in [7, 11) is 0. The van der Waals surface area contributed by atoms with E-state index < -0.39 is 5.60 Å². The fourth-order valence-corrected chi connectivity index (χ4v) is 2.37. The molecule has 0 amide bonds. The molecule has 0 aliphatic heterocycles. The highest BCUT2D eigenvalue weighted by molar-refractivity contribution is 6.30. The van der Waals surface area contributed by atoms with Gasteiger partial charge in [-0.3, -0.25) is 0 Å². The largest absolute Gasteiger partial charge is 0.385 e. The van der Waals surface area contributed by atoms with Crippen molar-refractivity contribution < 1.29 is 5.11 Å². The summed E-state index contributed by atoms with van der Waals surface area (Å²) in [5.41, 5.74) is 6.02. The van der Waals surface area contributed by atoms with Crippen molar-refractivity contribution in [1.82, 2.24) is 0 Å². The highest BCUT2D eigenvalue weighted by atomic mass is 35.5. The van der Waals surface area contributed by atoms with Crippen LogP contribution in [0.3, 0.4) is 0 Å². The van der Waals surface area contributed by atoms with E-state index >= 15 is 0 Å². The maximum Gasteiger partial charge on any atom is 0.0898 e. The summed E-state index contributed by atoms with van der Waals surface area (Å²) >= 11 is 5.92. The average Bonchev–Trinajstić information content (AvgIpc) is 2.23. The van der Waals surface area contributed by atoms with Crippen molar-refractivity contribution in [3.63, 3.8) is 0 Å². The van der Waals surface area contributed by atoms with E-state index in [4.69, 9.17) is 17.3 Å². The number of nitrogens with two attached hydrogens (primary N) is 1. The second-order valence-corrected chi connectivity index (χ2v) is 4.82. The molecular weight excluding hydrogens is 210 g/mol. The van der Waals surface area contributed by atoms with E-state index in [1.54, 1.807) is 0 Å². The Hall–Kier alpha value is -0.570. The molecule has 0 spiro atoms. The second-order valence-electron chi connectivity index (χ2n) is 4.38. The van der Waals surface area contributed by atoms with Gasteiger partial charge < -0.3 is 10.8 Å². The molecule has 1 aromatic rings. The summed E-state index contributed by atoms with van der Waals surface area (Å²) in [4.78, 5) is 0. The topological polar surface area (TPSA) is 46.2 Å². The van der Waals surface area contributed by atoms with Crippen molar-refractivity contribution in [2.45, 2.75) is 37.3 Å². The Labute approximate surface area is 95.1 Å². The van der Waals surface area contributed by atoms with Crippen molar-refractivity contribution in [2.75, 3.05) is 0 Å². The molecule has 3 heteroatoms. The molecule has 1 saturated carbocycles. The van der Waals surface area contributed by atoms with E-state index in [9.17, 15) is 5.11 Å². The van der Waals surface area contributed by atoms with Crippen LogP contribution in [0.2, 0.25) is 5.02 Å². The molecule has 1 aliphatic carbocycles. The van der Waals surface area contributed by atoms with Gasteiger partial charge in [0, 0.05) is 11.1 Å². The van der Waals surface area contributed by atoms with E-state index in [0.29, 0.717) is 5.02 Å². The third-order valence-electron chi connectivity index (χ3n) is 3.22. The van der Waals surface area contributed by atoms with Gasteiger partial charge in [-0.2, -0.15) is 0 Å². The first-order chi connectivity index (χ1) is 7.10. The predicted octanol–water partition coefficient (Wildman–Crippen LogP) is 2.43. The van der Waals surface area contributed by atoms with Gasteiger partial charge in [0.05, 0.1) is 5.60 Å².